The highest BCUT2D eigenvalue weighted by atomic mass is 35.5. The number of nitrogens with one attached hydrogen (secondary N) is 1. The van der Waals surface area contributed by atoms with Gasteiger partial charge in [-0.2, -0.15) is 0 Å². The molecule has 0 aliphatic rings. The topological polar surface area (TPSA) is 124 Å². The Labute approximate surface area is 228 Å². The fourth-order valence-electron chi connectivity index (χ4n) is 3.47. The molecule has 0 saturated heterocycles. The molecule has 0 bridgehead atoms. The van der Waals surface area contributed by atoms with Crippen molar-refractivity contribution >= 4 is 40.9 Å². The fourth-order valence-corrected chi connectivity index (χ4v) is 4.36. The van der Waals surface area contributed by atoms with Crippen LogP contribution < -0.4 is 14.8 Å². The van der Waals surface area contributed by atoms with Crippen molar-refractivity contribution in [3.8, 4) is 34.0 Å². The molecule has 1 amide bonds. The van der Waals surface area contributed by atoms with E-state index in [1.165, 1.54) is 30.0 Å². The summed E-state index contributed by atoms with van der Waals surface area (Å²) in [5.74, 6) is 0.384. The molecule has 4 rings (SSSR count). The molecule has 11 heteroatoms. The van der Waals surface area contributed by atoms with Gasteiger partial charge < -0.3 is 19.9 Å². The van der Waals surface area contributed by atoms with E-state index in [4.69, 9.17) is 31.2 Å². The molecule has 1 heterocycles. The predicted molar refractivity (Wildman–Crippen MR) is 146 cm³/mol. The first kappa shape index (κ1) is 26.9. The first-order chi connectivity index (χ1) is 18.4. The summed E-state index contributed by atoms with van der Waals surface area (Å²) in [6.07, 6.45) is 0.125. The molecule has 0 aliphatic carbocycles. The van der Waals surface area contributed by atoms with Crippen molar-refractivity contribution in [3.63, 3.8) is 0 Å². The van der Waals surface area contributed by atoms with Crippen molar-refractivity contribution in [3.05, 3.63) is 77.3 Å². The molecule has 0 radical (unpaired) electrons. The lowest BCUT2D eigenvalue weighted by Gasteiger charge is -2.11. The summed E-state index contributed by atoms with van der Waals surface area (Å²) in [6, 6.07) is 19.1. The molecule has 4 aromatic rings. The zero-order valence-electron chi connectivity index (χ0n) is 20.5. The van der Waals surface area contributed by atoms with Gasteiger partial charge >= 0.3 is 5.97 Å². The number of ether oxygens (including phenoxy) is 2. The highest BCUT2D eigenvalue weighted by Gasteiger charge is 2.16. The van der Waals surface area contributed by atoms with E-state index >= 15 is 0 Å². The van der Waals surface area contributed by atoms with E-state index in [1.54, 1.807) is 14.2 Å². The van der Waals surface area contributed by atoms with Gasteiger partial charge in [-0.05, 0) is 66.7 Å². The van der Waals surface area contributed by atoms with Gasteiger partial charge in [-0.25, -0.2) is 9.78 Å². The van der Waals surface area contributed by atoms with E-state index in [0.717, 1.165) is 22.6 Å². The van der Waals surface area contributed by atoms with Crippen LogP contribution in [0, 0.1) is 0 Å². The van der Waals surface area contributed by atoms with Crippen LogP contribution in [0.3, 0.4) is 0 Å². The molecule has 0 unspecified atom stereocenters. The Morgan fingerprint density at radius 3 is 2.08 bits per heavy atom. The SMILES string of the molecule is COc1ccc(-c2nnc(SCCC(=O)Nc3cc(C(=O)O)ccc3Cl)nc2-c2ccc(OC)cc2)cc1. The Morgan fingerprint density at radius 2 is 1.50 bits per heavy atom. The summed E-state index contributed by atoms with van der Waals surface area (Å²) in [4.78, 5) is 28.4. The van der Waals surface area contributed by atoms with Crippen molar-refractivity contribution in [2.24, 2.45) is 0 Å². The molecule has 0 saturated carbocycles. The van der Waals surface area contributed by atoms with Crippen molar-refractivity contribution in [2.75, 3.05) is 25.3 Å². The second-order valence-corrected chi connectivity index (χ2v) is 9.36. The number of aromatic nitrogens is 3. The highest BCUT2D eigenvalue weighted by molar-refractivity contribution is 7.99. The van der Waals surface area contributed by atoms with E-state index in [9.17, 15) is 9.59 Å². The lowest BCUT2D eigenvalue weighted by Crippen LogP contribution is -2.13. The molecule has 0 atom stereocenters. The number of amides is 1. The lowest BCUT2D eigenvalue weighted by atomic mass is 10.0. The van der Waals surface area contributed by atoms with Crippen LogP contribution in [0.15, 0.2) is 71.9 Å². The van der Waals surface area contributed by atoms with Gasteiger partial charge in [-0.3, -0.25) is 4.79 Å². The van der Waals surface area contributed by atoms with Crippen LogP contribution in [0.25, 0.3) is 22.5 Å². The maximum atomic E-state index is 12.5. The van der Waals surface area contributed by atoms with E-state index < -0.39 is 5.97 Å². The maximum Gasteiger partial charge on any atom is 0.335 e. The number of hydrogen-bond acceptors (Lipinski definition) is 8. The van der Waals surface area contributed by atoms with Crippen LogP contribution in [-0.4, -0.2) is 52.1 Å². The minimum atomic E-state index is -1.11. The molecule has 2 N–H and O–H groups in total. The number of nitrogens with zero attached hydrogens (tertiary/aromatic N) is 3. The van der Waals surface area contributed by atoms with Crippen LogP contribution >= 0.6 is 23.4 Å². The lowest BCUT2D eigenvalue weighted by molar-refractivity contribution is -0.115. The third-order valence-corrected chi connectivity index (χ3v) is 6.61. The monoisotopic (exact) mass is 550 g/mol. The van der Waals surface area contributed by atoms with Gasteiger partial charge in [-0.1, -0.05) is 23.4 Å². The molecule has 9 nitrogen and oxygen atoms in total. The number of carboxylic acid groups (broad SMARTS) is 1. The van der Waals surface area contributed by atoms with E-state index in [2.05, 4.69) is 15.5 Å². The average molecular weight is 551 g/mol. The first-order valence-electron chi connectivity index (χ1n) is 11.4. The zero-order chi connectivity index (χ0) is 27.1. The summed E-state index contributed by atoms with van der Waals surface area (Å²) < 4.78 is 10.5. The van der Waals surface area contributed by atoms with Crippen molar-refractivity contribution in [1.82, 2.24) is 15.2 Å². The number of carboxylic acids is 1. The predicted octanol–water partition coefficient (Wildman–Crippen LogP) is 5.70. The third kappa shape index (κ3) is 6.58. The summed E-state index contributed by atoms with van der Waals surface area (Å²) in [7, 11) is 3.21. The summed E-state index contributed by atoms with van der Waals surface area (Å²) >= 11 is 7.38. The minimum Gasteiger partial charge on any atom is -0.497 e. The van der Waals surface area contributed by atoms with Crippen LogP contribution in [0.1, 0.15) is 16.8 Å². The summed E-state index contributed by atoms with van der Waals surface area (Å²) in [6.45, 7) is 0. The number of thioether (sulfide) groups is 1. The molecule has 1 aromatic heterocycles. The first-order valence-corrected chi connectivity index (χ1v) is 12.7. The Balaban J connectivity index is 1.50. The number of aromatic carboxylic acids is 1. The number of halogens is 1. The molecule has 0 aliphatic heterocycles. The Kier molecular flexibility index (Phi) is 8.77. The molecular formula is C27H23ClN4O5S. The highest BCUT2D eigenvalue weighted by Crippen LogP contribution is 2.32. The Hall–Kier alpha value is -4.15. The average Bonchev–Trinajstić information content (AvgIpc) is 2.94. The van der Waals surface area contributed by atoms with Crippen LogP contribution in [0.2, 0.25) is 5.02 Å². The van der Waals surface area contributed by atoms with Crippen LogP contribution in [0.4, 0.5) is 5.69 Å². The Morgan fingerprint density at radius 1 is 0.895 bits per heavy atom. The molecule has 0 fully saturated rings. The van der Waals surface area contributed by atoms with Gasteiger partial charge in [0.05, 0.1) is 30.5 Å². The third-order valence-electron chi connectivity index (χ3n) is 5.44. The van der Waals surface area contributed by atoms with Gasteiger partial charge in [0.15, 0.2) is 0 Å². The van der Waals surface area contributed by atoms with Gasteiger partial charge in [0, 0.05) is 23.3 Å². The largest absolute Gasteiger partial charge is 0.497 e. The second kappa shape index (κ2) is 12.4. The molecule has 38 heavy (non-hydrogen) atoms. The molecule has 0 spiro atoms. The van der Waals surface area contributed by atoms with Gasteiger partial charge in [0.1, 0.15) is 22.9 Å². The smallest absolute Gasteiger partial charge is 0.335 e. The summed E-state index contributed by atoms with van der Waals surface area (Å²) in [5, 5.41) is 21.2. The second-order valence-electron chi connectivity index (χ2n) is 7.90. The number of rotatable bonds is 10. The quantitative estimate of drug-likeness (QED) is 0.239. The number of carbonyl (C=O) groups excluding carboxylic acids is 1. The van der Waals surface area contributed by atoms with Crippen LogP contribution in [-0.2, 0) is 4.79 Å². The minimum absolute atomic E-state index is 0.0292. The standard InChI is InChI=1S/C27H23ClN4O5S/c1-36-19-8-3-16(4-9-19)24-25(17-5-10-20(37-2)11-6-17)31-32-27(30-24)38-14-13-23(33)29-22-15-18(26(34)35)7-12-21(22)28/h3-12,15H,13-14H2,1-2H3,(H,29,33)(H,34,35). The number of anilines is 1. The Bertz CT molecular complexity index is 1450. The number of carbonyl (C=O) groups is 2. The van der Waals surface area contributed by atoms with Gasteiger partial charge in [-0.15, -0.1) is 10.2 Å². The number of methoxy groups -OCH3 is 2. The van der Waals surface area contributed by atoms with E-state index in [-0.39, 0.29) is 28.6 Å². The molecule has 194 valence electrons. The van der Waals surface area contributed by atoms with E-state index in [1.807, 2.05) is 48.5 Å². The van der Waals surface area contributed by atoms with E-state index in [0.29, 0.717) is 22.3 Å². The van der Waals surface area contributed by atoms with Crippen molar-refractivity contribution < 1.29 is 24.2 Å². The summed E-state index contributed by atoms with van der Waals surface area (Å²) in [5.41, 5.74) is 3.17. The molecular weight excluding hydrogens is 528 g/mol. The number of benzene rings is 3. The molecule has 3 aromatic carbocycles. The number of hydrogen-bond donors (Lipinski definition) is 2. The van der Waals surface area contributed by atoms with Crippen molar-refractivity contribution in [1.29, 1.82) is 0 Å². The van der Waals surface area contributed by atoms with Crippen molar-refractivity contribution in [2.45, 2.75) is 11.6 Å². The fraction of sp³-hybridized carbons (Fsp3) is 0.148. The normalized spacial score (nSPS) is 10.6. The zero-order valence-corrected chi connectivity index (χ0v) is 22.0. The van der Waals surface area contributed by atoms with Gasteiger partial charge in [0.25, 0.3) is 0 Å². The van der Waals surface area contributed by atoms with Crippen LogP contribution in [0.5, 0.6) is 11.5 Å². The maximum absolute atomic E-state index is 12.5. The van der Waals surface area contributed by atoms with Gasteiger partial charge in [0.2, 0.25) is 11.1 Å².